The van der Waals surface area contributed by atoms with Gasteiger partial charge in [-0.3, -0.25) is 9.59 Å². The number of amides is 1. The van der Waals surface area contributed by atoms with E-state index in [2.05, 4.69) is 0 Å². The lowest BCUT2D eigenvalue weighted by Gasteiger charge is -2.27. The van der Waals surface area contributed by atoms with Gasteiger partial charge in [-0.15, -0.1) is 0 Å². The number of hydrogen-bond acceptors (Lipinski definition) is 2. The second-order valence-corrected chi connectivity index (χ2v) is 5.45. The van der Waals surface area contributed by atoms with Crippen LogP contribution in [0.15, 0.2) is 30.0 Å². The molecule has 2 unspecified atom stereocenters. The summed E-state index contributed by atoms with van der Waals surface area (Å²) in [5, 5.41) is 0. The zero-order chi connectivity index (χ0) is 12.5. The maximum Gasteiger partial charge on any atom is 0.223 e. The molecule has 18 heavy (non-hydrogen) atoms. The first kappa shape index (κ1) is 10.1. The number of rotatable bonds is 0. The number of carbonyl (C=O) groups is 2. The van der Waals surface area contributed by atoms with Gasteiger partial charge in [-0.2, -0.15) is 0 Å². The molecule has 0 aromatic heterocycles. The smallest absolute Gasteiger partial charge is 0.223 e. The molecule has 0 N–H and O–H groups in total. The van der Waals surface area contributed by atoms with Crippen molar-refractivity contribution in [2.45, 2.75) is 13.3 Å². The van der Waals surface area contributed by atoms with Gasteiger partial charge in [0.15, 0.2) is 5.78 Å². The highest BCUT2D eigenvalue weighted by atomic mass is 16.2. The predicted octanol–water partition coefficient (Wildman–Crippen LogP) is 2.09. The molecule has 2 fully saturated rings. The van der Waals surface area contributed by atoms with Crippen LogP contribution in [0.5, 0.6) is 0 Å². The Morgan fingerprint density at radius 1 is 1.39 bits per heavy atom. The summed E-state index contributed by atoms with van der Waals surface area (Å²) in [6, 6.07) is 7.67. The average molecular weight is 239 g/mol. The fraction of sp³-hybridized carbons (Fsp3) is 0.333. The summed E-state index contributed by atoms with van der Waals surface area (Å²) in [7, 11) is 0. The molecule has 3 aliphatic rings. The van der Waals surface area contributed by atoms with Gasteiger partial charge in [-0.25, -0.2) is 0 Å². The van der Waals surface area contributed by atoms with Crippen LogP contribution in [0, 0.1) is 11.3 Å². The lowest BCUT2D eigenvalue weighted by molar-refractivity contribution is -0.126. The normalized spacial score (nSPS) is 31.4. The minimum absolute atomic E-state index is 0.0417. The Balaban J connectivity index is 1.94. The first-order valence-corrected chi connectivity index (χ1v) is 6.29. The van der Waals surface area contributed by atoms with Crippen LogP contribution < -0.4 is 0 Å². The molecular formula is C15H13NO2. The van der Waals surface area contributed by atoms with E-state index in [0.717, 1.165) is 23.2 Å². The topological polar surface area (TPSA) is 37.4 Å². The number of fused-ring (bicyclic) bond motifs is 1. The molecule has 2 atom stereocenters. The largest absolute Gasteiger partial charge is 0.315 e. The number of ketones is 1. The van der Waals surface area contributed by atoms with Gasteiger partial charge in [0.25, 0.3) is 0 Å². The molecule has 0 bridgehead atoms. The molecule has 1 aromatic carbocycles. The molecule has 1 amide bonds. The van der Waals surface area contributed by atoms with Crippen LogP contribution >= 0.6 is 0 Å². The van der Waals surface area contributed by atoms with Crippen molar-refractivity contribution in [3.8, 4) is 0 Å². The van der Waals surface area contributed by atoms with Crippen LogP contribution in [0.3, 0.4) is 0 Å². The van der Waals surface area contributed by atoms with Crippen molar-refractivity contribution in [2.24, 2.45) is 11.3 Å². The molecule has 3 nitrogen and oxygen atoms in total. The number of Topliss-reactive ketones (excluding diaryl/α,β-unsaturated/α-hetero) is 1. The molecule has 4 rings (SSSR count). The second kappa shape index (κ2) is 2.91. The van der Waals surface area contributed by atoms with Crippen LogP contribution in [0.4, 0.5) is 0 Å². The Bertz CT molecular complexity index is 631. The molecule has 1 spiro atoms. The summed E-state index contributed by atoms with van der Waals surface area (Å²) < 4.78 is 0. The van der Waals surface area contributed by atoms with E-state index < -0.39 is 0 Å². The van der Waals surface area contributed by atoms with Gasteiger partial charge in [0.2, 0.25) is 5.91 Å². The molecule has 0 radical (unpaired) electrons. The third kappa shape index (κ3) is 0.964. The Labute approximate surface area is 105 Å². The number of benzene rings is 1. The summed E-state index contributed by atoms with van der Waals surface area (Å²) in [5.74, 6) is 0.595. The van der Waals surface area contributed by atoms with Gasteiger partial charge in [0.05, 0.1) is 5.41 Å². The van der Waals surface area contributed by atoms with Crippen LogP contribution in [-0.2, 0) is 4.79 Å². The molecule has 1 heterocycles. The van der Waals surface area contributed by atoms with E-state index in [1.807, 2.05) is 30.3 Å². The van der Waals surface area contributed by atoms with Gasteiger partial charge in [0.1, 0.15) is 0 Å². The van der Waals surface area contributed by atoms with Crippen LogP contribution in [0.2, 0.25) is 0 Å². The molecule has 90 valence electrons. The van der Waals surface area contributed by atoms with Crippen molar-refractivity contribution < 1.29 is 9.59 Å². The van der Waals surface area contributed by atoms with Gasteiger partial charge >= 0.3 is 0 Å². The lowest BCUT2D eigenvalue weighted by Crippen LogP contribution is -2.32. The maximum atomic E-state index is 12.7. The SMILES string of the molecule is CC(=O)N1CC2CC23C(=O)c2ccccc2C=C13. The highest BCUT2D eigenvalue weighted by Crippen LogP contribution is 2.67. The third-order valence-electron chi connectivity index (χ3n) is 4.54. The van der Waals surface area contributed by atoms with E-state index in [1.54, 1.807) is 11.8 Å². The molecule has 1 aliphatic heterocycles. The molecule has 2 aliphatic carbocycles. The highest BCUT2D eigenvalue weighted by Gasteiger charge is 2.69. The predicted molar refractivity (Wildman–Crippen MR) is 66.7 cm³/mol. The van der Waals surface area contributed by atoms with E-state index in [4.69, 9.17) is 0 Å². The fourth-order valence-corrected chi connectivity index (χ4v) is 3.54. The Kier molecular flexibility index (Phi) is 1.63. The van der Waals surface area contributed by atoms with Crippen molar-refractivity contribution >= 4 is 17.8 Å². The number of allylic oxidation sites excluding steroid dienone is 1. The summed E-state index contributed by atoms with van der Waals surface area (Å²) in [4.78, 5) is 26.1. The lowest BCUT2D eigenvalue weighted by atomic mass is 9.83. The molecule has 1 saturated carbocycles. The number of nitrogens with zero attached hydrogens (tertiary/aromatic N) is 1. The third-order valence-corrected chi connectivity index (χ3v) is 4.54. The van der Waals surface area contributed by atoms with Gasteiger partial charge in [-0.05, 0) is 24.0 Å². The first-order valence-electron chi connectivity index (χ1n) is 6.29. The van der Waals surface area contributed by atoms with Crippen molar-refractivity contribution in [1.82, 2.24) is 4.90 Å². The highest BCUT2D eigenvalue weighted by molar-refractivity contribution is 6.11. The number of piperidine rings is 1. The zero-order valence-electron chi connectivity index (χ0n) is 10.1. The Morgan fingerprint density at radius 3 is 2.94 bits per heavy atom. The average Bonchev–Trinajstić information content (AvgIpc) is 2.99. The molecule has 1 saturated heterocycles. The van der Waals surface area contributed by atoms with Crippen LogP contribution in [-0.4, -0.2) is 23.1 Å². The summed E-state index contributed by atoms with van der Waals surface area (Å²) in [5.41, 5.74) is 2.33. The van der Waals surface area contributed by atoms with E-state index in [9.17, 15) is 9.59 Å². The van der Waals surface area contributed by atoms with Crippen molar-refractivity contribution in [3.63, 3.8) is 0 Å². The molecule has 1 aromatic rings. The second-order valence-electron chi connectivity index (χ2n) is 5.45. The van der Waals surface area contributed by atoms with E-state index in [-0.39, 0.29) is 17.1 Å². The van der Waals surface area contributed by atoms with Crippen molar-refractivity contribution in [2.75, 3.05) is 6.54 Å². The summed E-state index contributed by atoms with van der Waals surface area (Å²) in [6.07, 6.45) is 2.95. The van der Waals surface area contributed by atoms with Gasteiger partial charge in [-0.1, -0.05) is 24.3 Å². The molecule has 3 heteroatoms. The first-order chi connectivity index (χ1) is 8.64. The Hall–Kier alpha value is -1.90. The van der Waals surface area contributed by atoms with Crippen LogP contribution in [0.1, 0.15) is 29.3 Å². The van der Waals surface area contributed by atoms with Gasteiger partial charge < -0.3 is 4.90 Å². The maximum absolute atomic E-state index is 12.7. The van der Waals surface area contributed by atoms with Gasteiger partial charge in [0, 0.05) is 24.7 Å². The van der Waals surface area contributed by atoms with E-state index >= 15 is 0 Å². The summed E-state index contributed by atoms with van der Waals surface area (Å²) >= 11 is 0. The minimum Gasteiger partial charge on any atom is -0.315 e. The standard InChI is InChI=1S/C15H13NO2/c1-9(17)16-8-11-7-15(11)13(16)6-10-4-2-3-5-12(10)14(15)18/h2-6,11H,7-8H2,1H3. The number of hydrogen-bond donors (Lipinski definition) is 0. The van der Waals surface area contributed by atoms with Crippen molar-refractivity contribution in [1.29, 1.82) is 0 Å². The van der Waals surface area contributed by atoms with E-state index in [0.29, 0.717) is 12.5 Å². The fourth-order valence-electron chi connectivity index (χ4n) is 3.54. The van der Waals surface area contributed by atoms with E-state index in [1.165, 1.54) is 0 Å². The van der Waals surface area contributed by atoms with Crippen LogP contribution in [0.25, 0.3) is 6.08 Å². The molecular weight excluding hydrogens is 226 g/mol. The monoisotopic (exact) mass is 239 g/mol. The zero-order valence-corrected chi connectivity index (χ0v) is 10.1. The number of carbonyl (C=O) groups excluding carboxylic acids is 2. The number of likely N-dealkylation sites (tertiary alicyclic amines) is 1. The quantitative estimate of drug-likeness (QED) is 0.695. The van der Waals surface area contributed by atoms with Crippen molar-refractivity contribution in [3.05, 3.63) is 41.1 Å². The Morgan fingerprint density at radius 2 is 2.17 bits per heavy atom. The minimum atomic E-state index is -0.361. The summed E-state index contributed by atoms with van der Waals surface area (Å²) in [6.45, 7) is 2.28.